The first-order chi connectivity index (χ1) is 7.40. The number of benzene rings is 1. The van der Waals surface area contributed by atoms with E-state index >= 15 is 0 Å². The van der Waals surface area contributed by atoms with Crippen LogP contribution in [0.2, 0.25) is 0 Å². The zero-order valence-electron chi connectivity index (χ0n) is 8.22. The second kappa shape index (κ2) is 4.91. The van der Waals surface area contributed by atoms with Crippen LogP contribution in [0.5, 0.6) is 5.75 Å². The second-order valence-electron chi connectivity index (χ2n) is 3.14. The second-order valence-corrected chi connectivity index (χ2v) is 3.14. The van der Waals surface area contributed by atoms with Gasteiger partial charge in [-0.15, -0.1) is 0 Å². The lowest BCUT2D eigenvalue weighted by atomic mass is 10.2. The van der Waals surface area contributed by atoms with Gasteiger partial charge in [0.05, 0.1) is 18.8 Å². The summed E-state index contributed by atoms with van der Waals surface area (Å²) in [6.07, 6.45) is 0.454. The van der Waals surface area contributed by atoms with Crippen LogP contribution in [0.25, 0.3) is 0 Å². The number of carbonyl (C=O) groups is 1. The molecule has 1 aromatic carbocycles. The lowest BCUT2D eigenvalue weighted by Gasteiger charge is -2.11. The maximum atomic E-state index is 10.7. The molecule has 1 aliphatic rings. The van der Waals surface area contributed by atoms with Crippen LogP contribution in [0.1, 0.15) is 10.4 Å². The number of hydrogen-bond acceptors (Lipinski definition) is 4. The van der Waals surface area contributed by atoms with Gasteiger partial charge in [-0.3, -0.25) is 4.79 Å². The standard InChI is InChI=1S/C11H12O4/c12-7-9-3-1-2-4-10(9)15-8-11-13-5-6-14-11/h1-4,7,11H,5-6,8H2. The molecule has 1 aromatic rings. The topological polar surface area (TPSA) is 44.8 Å². The summed E-state index contributed by atoms with van der Waals surface area (Å²) in [5.74, 6) is 0.562. The van der Waals surface area contributed by atoms with Gasteiger partial charge in [0.2, 0.25) is 0 Å². The number of carbonyl (C=O) groups excluding carboxylic acids is 1. The highest BCUT2D eigenvalue weighted by molar-refractivity contribution is 5.79. The van der Waals surface area contributed by atoms with Gasteiger partial charge < -0.3 is 14.2 Å². The molecular weight excluding hydrogens is 196 g/mol. The molecule has 15 heavy (non-hydrogen) atoms. The molecule has 0 amide bonds. The molecule has 0 radical (unpaired) electrons. The molecule has 0 atom stereocenters. The molecule has 0 bridgehead atoms. The minimum Gasteiger partial charge on any atom is -0.488 e. The van der Waals surface area contributed by atoms with Crippen molar-refractivity contribution < 1.29 is 19.0 Å². The van der Waals surface area contributed by atoms with E-state index in [1.165, 1.54) is 0 Å². The molecule has 1 heterocycles. The first-order valence-corrected chi connectivity index (χ1v) is 4.80. The van der Waals surface area contributed by atoms with Crippen molar-refractivity contribution in [1.82, 2.24) is 0 Å². The molecule has 0 spiro atoms. The van der Waals surface area contributed by atoms with E-state index < -0.39 is 0 Å². The van der Waals surface area contributed by atoms with Gasteiger partial charge in [-0.2, -0.15) is 0 Å². The third-order valence-corrected chi connectivity index (χ3v) is 2.11. The molecule has 0 aliphatic carbocycles. The van der Waals surface area contributed by atoms with Gasteiger partial charge in [-0.25, -0.2) is 0 Å². The third-order valence-electron chi connectivity index (χ3n) is 2.11. The van der Waals surface area contributed by atoms with E-state index in [-0.39, 0.29) is 6.29 Å². The molecule has 0 unspecified atom stereocenters. The molecule has 0 saturated carbocycles. The predicted molar refractivity (Wildman–Crippen MR) is 53.0 cm³/mol. The van der Waals surface area contributed by atoms with Crippen molar-refractivity contribution in [2.45, 2.75) is 6.29 Å². The maximum Gasteiger partial charge on any atom is 0.191 e. The van der Waals surface area contributed by atoms with Gasteiger partial charge in [-0.1, -0.05) is 12.1 Å². The van der Waals surface area contributed by atoms with E-state index in [2.05, 4.69) is 0 Å². The first kappa shape index (κ1) is 10.1. The monoisotopic (exact) mass is 208 g/mol. The smallest absolute Gasteiger partial charge is 0.191 e. The van der Waals surface area contributed by atoms with Crippen LogP contribution in [-0.4, -0.2) is 32.4 Å². The summed E-state index contributed by atoms with van der Waals surface area (Å²) in [4.78, 5) is 10.7. The van der Waals surface area contributed by atoms with Crippen LogP contribution >= 0.6 is 0 Å². The van der Waals surface area contributed by atoms with Gasteiger partial charge in [-0.05, 0) is 12.1 Å². The van der Waals surface area contributed by atoms with E-state index in [1.807, 2.05) is 6.07 Å². The summed E-state index contributed by atoms with van der Waals surface area (Å²) in [6.45, 7) is 1.51. The van der Waals surface area contributed by atoms with E-state index in [0.717, 1.165) is 6.29 Å². The van der Waals surface area contributed by atoms with Crippen LogP contribution < -0.4 is 4.74 Å². The van der Waals surface area contributed by atoms with E-state index in [0.29, 0.717) is 31.1 Å². The van der Waals surface area contributed by atoms with Crippen molar-refractivity contribution in [3.8, 4) is 5.75 Å². The minimum absolute atomic E-state index is 0.310. The van der Waals surface area contributed by atoms with Crippen LogP contribution in [0.4, 0.5) is 0 Å². The molecule has 1 aliphatic heterocycles. The van der Waals surface area contributed by atoms with Crippen LogP contribution in [-0.2, 0) is 9.47 Å². The van der Waals surface area contributed by atoms with Crippen molar-refractivity contribution in [2.75, 3.05) is 19.8 Å². The molecule has 2 rings (SSSR count). The van der Waals surface area contributed by atoms with E-state index in [1.54, 1.807) is 18.2 Å². The average Bonchev–Trinajstić information content (AvgIpc) is 2.79. The highest BCUT2D eigenvalue weighted by Gasteiger charge is 2.16. The lowest BCUT2D eigenvalue weighted by Crippen LogP contribution is -2.18. The quantitative estimate of drug-likeness (QED) is 0.698. The fraction of sp³-hybridized carbons (Fsp3) is 0.364. The van der Waals surface area contributed by atoms with E-state index in [9.17, 15) is 4.79 Å². The molecular formula is C11H12O4. The molecule has 0 aromatic heterocycles. The third kappa shape index (κ3) is 2.55. The fourth-order valence-electron chi connectivity index (χ4n) is 1.37. The SMILES string of the molecule is O=Cc1ccccc1OCC1OCCO1. The van der Waals surface area contributed by atoms with E-state index in [4.69, 9.17) is 14.2 Å². The van der Waals surface area contributed by atoms with Crippen molar-refractivity contribution in [1.29, 1.82) is 0 Å². The average molecular weight is 208 g/mol. The number of aldehydes is 1. The van der Waals surface area contributed by atoms with Crippen molar-refractivity contribution in [3.63, 3.8) is 0 Å². The Hall–Kier alpha value is -1.39. The summed E-state index contributed by atoms with van der Waals surface area (Å²) >= 11 is 0. The summed E-state index contributed by atoms with van der Waals surface area (Å²) in [5, 5.41) is 0. The summed E-state index contributed by atoms with van der Waals surface area (Å²) in [6, 6.07) is 7.06. The summed E-state index contributed by atoms with van der Waals surface area (Å²) in [5.41, 5.74) is 0.537. The maximum absolute atomic E-state index is 10.7. The Morgan fingerprint density at radius 3 is 2.80 bits per heavy atom. The van der Waals surface area contributed by atoms with Gasteiger partial charge in [0.15, 0.2) is 12.6 Å². The van der Waals surface area contributed by atoms with Crippen molar-refractivity contribution >= 4 is 6.29 Å². The summed E-state index contributed by atoms with van der Waals surface area (Å²) in [7, 11) is 0. The van der Waals surface area contributed by atoms with Gasteiger partial charge in [0, 0.05) is 0 Å². The Balaban J connectivity index is 1.94. The molecule has 4 heteroatoms. The molecule has 0 N–H and O–H groups in total. The van der Waals surface area contributed by atoms with Gasteiger partial charge in [0.1, 0.15) is 12.4 Å². The number of para-hydroxylation sites is 1. The number of rotatable bonds is 4. The molecule has 1 fully saturated rings. The van der Waals surface area contributed by atoms with Crippen molar-refractivity contribution in [3.05, 3.63) is 29.8 Å². The number of ether oxygens (including phenoxy) is 3. The highest BCUT2D eigenvalue weighted by atomic mass is 16.7. The Kier molecular flexibility index (Phi) is 3.32. The zero-order valence-corrected chi connectivity index (χ0v) is 8.22. The Labute approximate surface area is 87.8 Å². The lowest BCUT2D eigenvalue weighted by molar-refractivity contribution is -0.0684. The highest BCUT2D eigenvalue weighted by Crippen LogP contribution is 2.16. The van der Waals surface area contributed by atoms with Gasteiger partial charge in [0.25, 0.3) is 0 Å². The van der Waals surface area contributed by atoms with Gasteiger partial charge >= 0.3 is 0 Å². The molecule has 4 nitrogen and oxygen atoms in total. The largest absolute Gasteiger partial charge is 0.488 e. The Morgan fingerprint density at radius 2 is 2.07 bits per heavy atom. The zero-order chi connectivity index (χ0) is 10.5. The summed E-state index contributed by atoms with van der Waals surface area (Å²) < 4.78 is 15.9. The van der Waals surface area contributed by atoms with Crippen LogP contribution in [0.3, 0.4) is 0 Å². The molecule has 80 valence electrons. The fourth-order valence-corrected chi connectivity index (χ4v) is 1.37. The molecule has 1 saturated heterocycles. The predicted octanol–water partition coefficient (Wildman–Crippen LogP) is 1.25. The van der Waals surface area contributed by atoms with Crippen LogP contribution in [0, 0.1) is 0 Å². The van der Waals surface area contributed by atoms with Crippen LogP contribution in [0.15, 0.2) is 24.3 Å². The number of hydrogen-bond donors (Lipinski definition) is 0. The first-order valence-electron chi connectivity index (χ1n) is 4.80. The normalized spacial score (nSPS) is 16.5. The Morgan fingerprint density at radius 1 is 1.33 bits per heavy atom. The Bertz CT molecular complexity index is 331. The minimum atomic E-state index is -0.315. The van der Waals surface area contributed by atoms with Crippen molar-refractivity contribution in [2.24, 2.45) is 0 Å².